The molecular formula is C24H22N4O3S. The highest BCUT2D eigenvalue weighted by molar-refractivity contribution is 8.00. The van der Waals surface area contributed by atoms with E-state index in [4.69, 9.17) is 4.74 Å². The van der Waals surface area contributed by atoms with Gasteiger partial charge in [-0.2, -0.15) is 5.10 Å². The van der Waals surface area contributed by atoms with Gasteiger partial charge in [-0.1, -0.05) is 41.6 Å². The van der Waals surface area contributed by atoms with Crippen LogP contribution in [0.15, 0.2) is 72.0 Å². The highest BCUT2D eigenvalue weighted by Gasteiger charge is 2.12. The Kier molecular flexibility index (Phi) is 6.51. The number of esters is 1. The van der Waals surface area contributed by atoms with E-state index in [1.54, 1.807) is 48.1 Å². The van der Waals surface area contributed by atoms with Gasteiger partial charge in [0.25, 0.3) is 0 Å². The van der Waals surface area contributed by atoms with Gasteiger partial charge in [0.2, 0.25) is 5.91 Å². The molecule has 4 rings (SSSR count). The summed E-state index contributed by atoms with van der Waals surface area (Å²) in [6.45, 7) is 4.12. The van der Waals surface area contributed by atoms with Crippen LogP contribution in [0.3, 0.4) is 0 Å². The SMILES string of the molecule is CCOC(=O)c1ccc(NC(=O)CSc2nccn3nc(-c4ccc(C)cc4)cc23)cc1. The smallest absolute Gasteiger partial charge is 0.338 e. The Morgan fingerprint density at radius 3 is 2.56 bits per heavy atom. The molecule has 0 aliphatic rings. The molecular weight excluding hydrogens is 424 g/mol. The zero-order chi connectivity index (χ0) is 22.5. The molecule has 1 amide bonds. The topological polar surface area (TPSA) is 85.6 Å². The lowest BCUT2D eigenvalue weighted by Crippen LogP contribution is -2.14. The van der Waals surface area contributed by atoms with Crippen molar-refractivity contribution >= 4 is 34.8 Å². The molecule has 2 aromatic heterocycles. The van der Waals surface area contributed by atoms with Gasteiger partial charge in [0.1, 0.15) is 5.03 Å². The maximum atomic E-state index is 12.4. The minimum atomic E-state index is -0.383. The number of nitrogens with zero attached hydrogens (tertiary/aromatic N) is 3. The molecule has 4 aromatic rings. The summed E-state index contributed by atoms with van der Waals surface area (Å²) in [5.41, 5.74) is 4.97. The summed E-state index contributed by atoms with van der Waals surface area (Å²) in [5, 5.41) is 8.19. The van der Waals surface area contributed by atoms with Gasteiger partial charge in [0.15, 0.2) is 0 Å². The molecule has 0 radical (unpaired) electrons. The van der Waals surface area contributed by atoms with Crippen molar-refractivity contribution < 1.29 is 14.3 Å². The van der Waals surface area contributed by atoms with Crippen molar-refractivity contribution in [3.8, 4) is 11.3 Å². The maximum absolute atomic E-state index is 12.4. The molecule has 0 saturated carbocycles. The largest absolute Gasteiger partial charge is 0.462 e. The van der Waals surface area contributed by atoms with Crippen molar-refractivity contribution in [2.75, 3.05) is 17.7 Å². The fraction of sp³-hybridized carbons (Fsp3) is 0.167. The van der Waals surface area contributed by atoms with Gasteiger partial charge >= 0.3 is 5.97 Å². The Bertz CT molecular complexity index is 1250. The van der Waals surface area contributed by atoms with Crippen LogP contribution in [0.1, 0.15) is 22.8 Å². The lowest BCUT2D eigenvalue weighted by molar-refractivity contribution is -0.113. The monoisotopic (exact) mass is 446 g/mol. The summed E-state index contributed by atoms with van der Waals surface area (Å²) < 4.78 is 6.74. The van der Waals surface area contributed by atoms with Crippen LogP contribution in [0, 0.1) is 6.92 Å². The molecule has 0 saturated heterocycles. The number of aromatic nitrogens is 3. The first-order valence-electron chi connectivity index (χ1n) is 10.1. The normalized spacial score (nSPS) is 10.8. The number of nitrogens with one attached hydrogen (secondary N) is 1. The number of carbonyl (C=O) groups excluding carboxylic acids is 2. The summed E-state index contributed by atoms with van der Waals surface area (Å²) in [6.07, 6.45) is 3.47. The molecule has 0 spiro atoms. The predicted octanol–water partition coefficient (Wildman–Crippen LogP) is 4.61. The third-order valence-electron chi connectivity index (χ3n) is 4.72. The van der Waals surface area contributed by atoms with Crippen molar-refractivity contribution in [3.63, 3.8) is 0 Å². The average Bonchev–Trinajstić information content (AvgIpc) is 3.24. The second kappa shape index (κ2) is 9.65. The second-order valence-corrected chi connectivity index (χ2v) is 8.06. The third-order valence-corrected chi connectivity index (χ3v) is 5.72. The molecule has 0 aliphatic heterocycles. The van der Waals surface area contributed by atoms with Crippen molar-refractivity contribution in [1.82, 2.24) is 14.6 Å². The molecule has 162 valence electrons. The summed E-state index contributed by atoms with van der Waals surface area (Å²) in [6, 6.07) is 16.8. The zero-order valence-corrected chi connectivity index (χ0v) is 18.6. The van der Waals surface area contributed by atoms with Crippen LogP contribution in [0.5, 0.6) is 0 Å². The highest BCUT2D eigenvalue weighted by Crippen LogP contribution is 2.26. The van der Waals surface area contributed by atoms with Crippen molar-refractivity contribution in [2.45, 2.75) is 18.9 Å². The van der Waals surface area contributed by atoms with Crippen LogP contribution >= 0.6 is 11.8 Å². The first-order chi connectivity index (χ1) is 15.5. The molecule has 8 heteroatoms. The maximum Gasteiger partial charge on any atom is 0.338 e. The lowest BCUT2D eigenvalue weighted by Gasteiger charge is -2.07. The molecule has 0 atom stereocenters. The van der Waals surface area contributed by atoms with E-state index < -0.39 is 0 Å². The van der Waals surface area contributed by atoms with Gasteiger partial charge in [-0.15, -0.1) is 0 Å². The number of ether oxygens (including phenoxy) is 1. The average molecular weight is 447 g/mol. The van der Waals surface area contributed by atoms with Crippen LogP contribution < -0.4 is 5.32 Å². The molecule has 0 bridgehead atoms. The summed E-state index contributed by atoms with van der Waals surface area (Å²) >= 11 is 1.34. The summed E-state index contributed by atoms with van der Waals surface area (Å²) in [4.78, 5) is 28.6. The minimum absolute atomic E-state index is 0.166. The van der Waals surface area contributed by atoms with Gasteiger partial charge < -0.3 is 10.1 Å². The Hall–Kier alpha value is -3.65. The Morgan fingerprint density at radius 1 is 1.09 bits per heavy atom. The standard InChI is InChI=1S/C24H22N4O3S/c1-3-31-24(30)18-8-10-19(11-9-18)26-22(29)15-32-23-21-14-20(27-28(21)13-12-25-23)17-6-4-16(2)5-7-17/h4-14H,3,15H2,1-2H3,(H,26,29). The van der Waals surface area contributed by atoms with Gasteiger partial charge in [0.05, 0.1) is 29.1 Å². The fourth-order valence-corrected chi connectivity index (χ4v) is 3.89. The van der Waals surface area contributed by atoms with Crippen LogP contribution in [-0.4, -0.2) is 38.8 Å². The van der Waals surface area contributed by atoms with Gasteiger partial charge in [-0.3, -0.25) is 4.79 Å². The van der Waals surface area contributed by atoms with E-state index in [0.29, 0.717) is 17.9 Å². The number of amides is 1. The third kappa shape index (κ3) is 4.97. The van der Waals surface area contributed by atoms with Crippen molar-refractivity contribution in [2.24, 2.45) is 0 Å². The number of fused-ring (bicyclic) bond motifs is 1. The summed E-state index contributed by atoms with van der Waals surface area (Å²) in [7, 11) is 0. The fourth-order valence-electron chi connectivity index (χ4n) is 3.11. The number of carbonyl (C=O) groups is 2. The number of hydrogen-bond donors (Lipinski definition) is 1. The number of rotatable bonds is 7. The summed E-state index contributed by atoms with van der Waals surface area (Å²) in [5.74, 6) is -0.357. The minimum Gasteiger partial charge on any atom is -0.462 e. The van der Waals surface area contributed by atoms with E-state index in [1.165, 1.54) is 17.3 Å². The quantitative estimate of drug-likeness (QED) is 0.330. The van der Waals surface area contributed by atoms with Gasteiger partial charge in [-0.25, -0.2) is 14.3 Å². The number of aryl methyl sites for hydroxylation is 1. The molecule has 2 aromatic carbocycles. The first kappa shape index (κ1) is 21.6. The Labute approximate surface area is 189 Å². The number of benzene rings is 2. The number of hydrogen-bond acceptors (Lipinski definition) is 6. The molecule has 7 nitrogen and oxygen atoms in total. The first-order valence-corrected chi connectivity index (χ1v) is 11.1. The van der Waals surface area contributed by atoms with E-state index in [-0.39, 0.29) is 17.6 Å². The van der Waals surface area contributed by atoms with E-state index in [2.05, 4.69) is 27.5 Å². The highest BCUT2D eigenvalue weighted by atomic mass is 32.2. The van der Waals surface area contributed by atoms with Crippen LogP contribution in [0.4, 0.5) is 5.69 Å². The molecule has 1 N–H and O–H groups in total. The molecule has 32 heavy (non-hydrogen) atoms. The van der Waals surface area contributed by atoms with Crippen LogP contribution in [-0.2, 0) is 9.53 Å². The van der Waals surface area contributed by atoms with Crippen LogP contribution in [0.2, 0.25) is 0 Å². The Morgan fingerprint density at radius 2 is 1.84 bits per heavy atom. The molecule has 0 unspecified atom stereocenters. The van der Waals surface area contributed by atoms with Gasteiger partial charge in [-0.05, 0) is 44.2 Å². The number of thioether (sulfide) groups is 1. The molecule has 0 aliphatic carbocycles. The van der Waals surface area contributed by atoms with E-state index in [9.17, 15) is 9.59 Å². The predicted molar refractivity (Wildman–Crippen MR) is 125 cm³/mol. The zero-order valence-electron chi connectivity index (χ0n) is 17.7. The lowest BCUT2D eigenvalue weighted by atomic mass is 10.1. The molecule has 0 fully saturated rings. The van der Waals surface area contributed by atoms with E-state index >= 15 is 0 Å². The Balaban J connectivity index is 1.42. The number of anilines is 1. The van der Waals surface area contributed by atoms with E-state index in [0.717, 1.165) is 21.8 Å². The van der Waals surface area contributed by atoms with Crippen LogP contribution in [0.25, 0.3) is 16.8 Å². The van der Waals surface area contributed by atoms with Gasteiger partial charge in [0, 0.05) is 23.6 Å². The van der Waals surface area contributed by atoms with Crippen molar-refractivity contribution in [3.05, 3.63) is 78.1 Å². The van der Waals surface area contributed by atoms with Crippen molar-refractivity contribution in [1.29, 1.82) is 0 Å². The molecule has 2 heterocycles. The van der Waals surface area contributed by atoms with E-state index in [1.807, 2.05) is 25.1 Å². The second-order valence-electron chi connectivity index (χ2n) is 7.09.